The third kappa shape index (κ3) is 2.21. The first kappa shape index (κ1) is 13.9. The minimum absolute atomic E-state index is 0.00443. The maximum Gasteiger partial charge on any atom is 0.232 e. The van der Waals surface area contributed by atoms with Gasteiger partial charge in [-0.2, -0.15) is 0 Å². The number of hydrogen-bond acceptors (Lipinski definition) is 3. The van der Waals surface area contributed by atoms with Crippen molar-refractivity contribution in [2.45, 2.75) is 31.6 Å². The molecule has 1 aliphatic rings. The van der Waals surface area contributed by atoms with Crippen LogP contribution in [0.3, 0.4) is 0 Å². The second-order valence-corrected chi connectivity index (χ2v) is 6.10. The first-order valence-electron chi connectivity index (χ1n) is 6.38. The third-order valence-corrected chi connectivity index (χ3v) is 3.75. The van der Waals surface area contributed by atoms with Gasteiger partial charge in [-0.3, -0.25) is 4.79 Å². The van der Waals surface area contributed by atoms with Crippen LogP contribution in [0.4, 0.5) is 0 Å². The molecule has 0 spiro atoms. The highest BCUT2D eigenvalue weighted by atomic mass is 16.5. The molecule has 104 valence electrons. The normalized spacial score (nSPS) is 17.7. The van der Waals surface area contributed by atoms with Gasteiger partial charge in [0.25, 0.3) is 0 Å². The van der Waals surface area contributed by atoms with Crippen molar-refractivity contribution in [1.82, 2.24) is 0 Å². The summed E-state index contributed by atoms with van der Waals surface area (Å²) in [5.41, 5.74) is 6.82. The zero-order valence-electron chi connectivity index (χ0n) is 11.9. The summed E-state index contributed by atoms with van der Waals surface area (Å²) in [5, 5.41) is 0. The van der Waals surface area contributed by atoms with E-state index >= 15 is 0 Å². The van der Waals surface area contributed by atoms with E-state index in [4.69, 9.17) is 15.2 Å². The Labute approximate surface area is 113 Å². The van der Waals surface area contributed by atoms with E-state index in [1.807, 2.05) is 18.2 Å². The van der Waals surface area contributed by atoms with E-state index in [9.17, 15) is 4.79 Å². The molecule has 0 aromatic heterocycles. The van der Waals surface area contributed by atoms with E-state index in [0.717, 1.165) is 11.1 Å². The fourth-order valence-corrected chi connectivity index (χ4v) is 2.29. The monoisotopic (exact) mass is 263 g/mol. The van der Waals surface area contributed by atoms with Crippen molar-refractivity contribution in [3.8, 4) is 5.75 Å². The molecule has 1 heterocycles. The summed E-state index contributed by atoms with van der Waals surface area (Å²) < 4.78 is 10.6. The number of primary amides is 1. The molecular formula is C15H21NO3. The SMILES string of the molecule is COc1ccc(C(C)(C)C)cc1C1(C(N)=O)COC1. The van der Waals surface area contributed by atoms with Crippen molar-refractivity contribution in [3.05, 3.63) is 29.3 Å². The number of rotatable bonds is 3. The molecule has 1 aromatic rings. The highest BCUT2D eigenvalue weighted by Crippen LogP contribution is 2.40. The Kier molecular flexibility index (Phi) is 3.31. The zero-order chi connectivity index (χ0) is 14.3. The second kappa shape index (κ2) is 4.53. The van der Waals surface area contributed by atoms with Crippen molar-refractivity contribution >= 4 is 5.91 Å². The number of methoxy groups -OCH3 is 1. The van der Waals surface area contributed by atoms with Crippen LogP contribution in [0.25, 0.3) is 0 Å². The summed E-state index contributed by atoms with van der Waals surface area (Å²) in [6.07, 6.45) is 0. The number of hydrogen-bond donors (Lipinski definition) is 1. The number of carbonyl (C=O) groups is 1. The molecule has 4 heteroatoms. The molecule has 1 fully saturated rings. The molecule has 0 atom stereocenters. The topological polar surface area (TPSA) is 61.5 Å². The van der Waals surface area contributed by atoms with Crippen LogP contribution in [0.5, 0.6) is 5.75 Å². The molecule has 4 nitrogen and oxygen atoms in total. The molecule has 0 unspecified atom stereocenters. The summed E-state index contributed by atoms with van der Waals surface area (Å²) in [6, 6.07) is 5.95. The minimum Gasteiger partial charge on any atom is -0.496 e. The number of carbonyl (C=O) groups excluding carboxylic acids is 1. The van der Waals surface area contributed by atoms with Gasteiger partial charge in [0.05, 0.1) is 20.3 Å². The van der Waals surface area contributed by atoms with Crippen LogP contribution < -0.4 is 10.5 Å². The van der Waals surface area contributed by atoms with Crippen LogP contribution in [0, 0.1) is 0 Å². The largest absolute Gasteiger partial charge is 0.496 e. The number of amides is 1. The second-order valence-electron chi connectivity index (χ2n) is 6.10. The van der Waals surface area contributed by atoms with Crippen LogP contribution in [0.2, 0.25) is 0 Å². The van der Waals surface area contributed by atoms with E-state index in [2.05, 4.69) is 20.8 Å². The van der Waals surface area contributed by atoms with Crippen LogP contribution in [0.15, 0.2) is 18.2 Å². The van der Waals surface area contributed by atoms with Crippen molar-refractivity contribution < 1.29 is 14.3 Å². The smallest absolute Gasteiger partial charge is 0.232 e. The molecule has 1 aromatic carbocycles. The molecule has 0 bridgehead atoms. The van der Waals surface area contributed by atoms with E-state index in [1.54, 1.807) is 7.11 Å². The van der Waals surface area contributed by atoms with Gasteiger partial charge in [-0.1, -0.05) is 32.9 Å². The zero-order valence-corrected chi connectivity index (χ0v) is 11.9. The maximum absolute atomic E-state index is 11.8. The Bertz CT molecular complexity index is 499. The lowest BCUT2D eigenvalue weighted by molar-refractivity contribution is -0.141. The van der Waals surface area contributed by atoms with E-state index in [-0.39, 0.29) is 11.3 Å². The predicted molar refractivity (Wildman–Crippen MR) is 73.4 cm³/mol. The van der Waals surface area contributed by atoms with Crippen molar-refractivity contribution in [2.75, 3.05) is 20.3 Å². The maximum atomic E-state index is 11.8. The van der Waals surface area contributed by atoms with Gasteiger partial charge in [0.2, 0.25) is 5.91 Å². The lowest BCUT2D eigenvalue weighted by Gasteiger charge is -2.40. The lowest BCUT2D eigenvalue weighted by Crippen LogP contribution is -2.56. The molecule has 1 saturated heterocycles. The van der Waals surface area contributed by atoms with E-state index in [0.29, 0.717) is 19.0 Å². The van der Waals surface area contributed by atoms with Crippen molar-refractivity contribution in [1.29, 1.82) is 0 Å². The van der Waals surface area contributed by atoms with Crippen LogP contribution in [0.1, 0.15) is 31.9 Å². The Morgan fingerprint density at radius 3 is 2.37 bits per heavy atom. The molecule has 1 amide bonds. The van der Waals surface area contributed by atoms with E-state index in [1.165, 1.54) is 0 Å². The van der Waals surface area contributed by atoms with Crippen molar-refractivity contribution in [2.24, 2.45) is 5.73 Å². The predicted octanol–water partition coefficient (Wildman–Crippen LogP) is 1.75. The van der Waals surface area contributed by atoms with Gasteiger partial charge in [-0.25, -0.2) is 0 Å². The average Bonchev–Trinajstić information content (AvgIpc) is 2.25. The molecule has 0 saturated carbocycles. The first-order chi connectivity index (χ1) is 8.81. The van der Waals surface area contributed by atoms with E-state index < -0.39 is 5.41 Å². The summed E-state index contributed by atoms with van der Waals surface area (Å²) >= 11 is 0. The fraction of sp³-hybridized carbons (Fsp3) is 0.533. The highest BCUT2D eigenvalue weighted by molar-refractivity contribution is 5.89. The summed E-state index contributed by atoms with van der Waals surface area (Å²) in [4.78, 5) is 11.8. The molecule has 2 rings (SSSR count). The minimum atomic E-state index is -0.743. The quantitative estimate of drug-likeness (QED) is 0.903. The molecule has 0 radical (unpaired) electrons. The third-order valence-electron chi connectivity index (χ3n) is 3.75. The summed E-state index contributed by atoms with van der Waals surface area (Å²) in [6.45, 7) is 7.05. The Morgan fingerprint density at radius 2 is 2.00 bits per heavy atom. The summed E-state index contributed by atoms with van der Waals surface area (Å²) in [7, 11) is 1.60. The van der Waals surface area contributed by atoms with Crippen molar-refractivity contribution in [3.63, 3.8) is 0 Å². The lowest BCUT2D eigenvalue weighted by atomic mass is 9.75. The van der Waals surface area contributed by atoms with Gasteiger partial charge in [-0.05, 0) is 17.0 Å². The molecule has 19 heavy (non-hydrogen) atoms. The highest BCUT2D eigenvalue weighted by Gasteiger charge is 2.48. The van der Waals surface area contributed by atoms with Gasteiger partial charge in [0, 0.05) is 5.56 Å². The van der Waals surface area contributed by atoms with Gasteiger partial charge >= 0.3 is 0 Å². The van der Waals surface area contributed by atoms with Crippen LogP contribution in [-0.4, -0.2) is 26.2 Å². The standard InChI is InChI=1S/C15H21NO3/c1-14(2,3)10-5-6-12(18-4)11(7-10)15(13(16)17)8-19-9-15/h5-7H,8-9H2,1-4H3,(H2,16,17). The van der Waals surface area contributed by atoms with Gasteiger partial charge in [0.1, 0.15) is 11.2 Å². The average molecular weight is 263 g/mol. The van der Waals surface area contributed by atoms with Crippen LogP contribution in [-0.2, 0) is 20.4 Å². The van der Waals surface area contributed by atoms with Gasteiger partial charge in [-0.15, -0.1) is 0 Å². The van der Waals surface area contributed by atoms with Gasteiger partial charge < -0.3 is 15.2 Å². The summed E-state index contributed by atoms with van der Waals surface area (Å²) in [5.74, 6) is 0.332. The molecule has 0 aliphatic carbocycles. The van der Waals surface area contributed by atoms with Gasteiger partial charge in [0.15, 0.2) is 0 Å². The number of benzene rings is 1. The Hall–Kier alpha value is -1.55. The van der Waals surface area contributed by atoms with Crippen LogP contribution >= 0.6 is 0 Å². The molecular weight excluding hydrogens is 242 g/mol. The number of ether oxygens (including phenoxy) is 2. The molecule has 1 aliphatic heterocycles. The fourth-order valence-electron chi connectivity index (χ4n) is 2.29. The Balaban J connectivity index is 2.57. The Morgan fingerprint density at radius 1 is 1.37 bits per heavy atom. The molecule has 2 N–H and O–H groups in total. The number of nitrogens with two attached hydrogens (primary N) is 1. The first-order valence-corrected chi connectivity index (χ1v) is 6.38.